The van der Waals surface area contributed by atoms with Crippen LogP contribution >= 0.6 is 0 Å². The quantitative estimate of drug-likeness (QED) is 0.845. The van der Waals surface area contributed by atoms with E-state index in [-0.39, 0.29) is 23.2 Å². The van der Waals surface area contributed by atoms with Crippen molar-refractivity contribution in [1.82, 2.24) is 0 Å². The molecule has 0 saturated carbocycles. The molecule has 0 spiro atoms. The normalized spacial score (nSPS) is 13.2. The van der Waals surface area contributed by atoms with Crippen LogP contribution in [0.1, 0.15) is 27.0 Å². The van der Waals surface area contributed by atoms with Gasteiger partial charge in [0.2, 0.25) is 5.91 Å². The molecule has 0 saturated heterocycles. The Hall–Kier alpha value is -2.70. The third kappa shape index (κ3) is 2.69. The molecule has 7 heteroatoms. The van der Waals surface area contributed by atoms with E-state index in [1.165, 1.54) is 12.3 Å². The summed E-state index contributed by atoms with van der Waals surface area (Å²) in [6, 6.07) is 5.21. The lowest BCUT2D eigenvalue weighted by Crippen LogP contribution is -2.11. The highest BCUT2D eigenvalue weighted by Gasteiger charge is 2.33. The first-order valence-electron chi connectivity index (χ1n) is 6.61. The van der Waals surface area contributed by atoms with E-state index >= 15 is 0 Å². The molecule has 2 N–H and O–H groups in total. The fourth-order valence-corrected chi connectivity index (χ4v) is 2.50. The summed E-state index contributed by atoms with van der Waals surface area (Å²) in [5.41, 5.74) is 4.98. The first-order chi connectivity index (χ1) is 10.8. The number of benzene rings is 2. The third-order valence-corrected chi connectivity index (χ3v) is 3.62. The summed E-state index contributed by atoms with van der Waals surface area (Å²) in [4.78, 5) is 15.2. The molecule has 3 rings (SSSR count). The fourth-order valence-electron chi connectivity index (χ4n) is 2.50. The molecule has 1 aliphatic rings. The van der Waals surface area contributed by atoms with Crippen molar-refractivity contribution in [3.05, 3.63) is 58.4 Å². The number of hydrogen-bond acceptors (Lipinski definition) is 2. The van der Waals surface area contributed by atoms with Crippen LogP contribution in [0, 0.1) is 5.82 Å². The average molecular weight is 322 g/mol. The molecule has 0 unspecified atom stereocenters. The number of carbonyl (C=O) groups excluding carboxylic acids is 1. The first-order valence-corrected chi connectivity index (χ1v) is 6.61. The first kappa shape index (κ1) is 15.2. The summed E-state index contributed by atoms with van der Waals surface area (Å²) >= 11 is 0. The molecule has 0 bridgehead atoms. The molecule has 1 heterocycles. The van der Waals surface area contributed by atoms with Crippen LogP contribution in [-0.2, 0) is 12.7 Å². The van der Waals surface area contributed by atoms with Gasteiger partial charge < -0.3 is 5.73 Å². The van der Waals surface area contributed by atoms with E-state index in [0.717, 1.165) is 24.3 Å². The van der Waals surface area contributed by atoms with E-state index in [1.54, 1.807) is 0 Å². The Morgan fingerprint density at radius 3 is 2.52 bits per heavy atom. The van der Waals surface area contributed by atoms with Gasteiger partial charge in [-0.25, -0.2) is 4.39 Å². The van der Waals surface area contributed by atoms with Gasteiger partial charge in [-0.2, -0.15) is 13.2 Å². The van der Waals surface area contributed by atoms with Crippen LogP contribution < -0.4 is 5.73 Å². The monoisotopic (exact) mass is 322 g/mol. The number of nitrogens with zero attached hydrogens (tertiary/aromatic N) is 1. The maximum absolute atomic E-state index is 14.1. The van der Waals surface area contributed by atoms with Crippen molar-refractivity contribution < 1.29 is 22.4 Å². The Morgan fingerprint density at radius 1 is 1.13 bits per heavy atom. The van der Waals surface area contributed by atoms with E-state index < -0.39 is 23.5 Å². The van der Waals surface area contributed by atoms with Crippen LogP contribution in [0.15, 0.2) is 35.3 Å². The SMILES string of the molecule is NC(=O)c1ccc(F)c(-c2cc(C(F)(F)F)cc3c2C=NC3)c1. The third-order valence-electron chi connectivity index (χ3n) is 3.62. The minimum Gasteiger partial charge on any atom is -0.366 e. The Bertz CT molecular complexity index is 841. The van der Waals surface area contributed by atoms with Crippen LogP contribution in [-0.4, -0.2) is 12.1 Å². The zero-order valence-electron chi connectivity index (χ0n) is 11.6. The number of aliphatic imine (C=N–C) groups is 1. The molecule has 0 aromatic heterocycles. The number of carbonyl (C=O) groups is 1. The largest absolute Gasteiger partial charge is 0.416 e. The van der Waals surface area contributed by atoms with Gasteiger partial charge in [-0.15, -0.1) is 0 Å². The predicted octanol–water partition coefficient (Wildman–Crippen LogP) is 3.54. The van der Waals surface area contributed by atoms with Crippen LogP contribution in [0.4, 0.5) is 17.6 Å². The number of alkyl halides is 3. The van der Waals surface area contributed by atoms with E-state index in [1.807, 2.05) is 0 Å². The lowest BCUT2D eigenvalue weighted by Gasteiger charge is -2.14. The highest BCUT2D eigenvalue weighted by Crippen LogP contribution is 2.38. The van der Waals surface area contributed by atoms with Gasteiger partial charge in [-0.05, 0) is 41.5 Å². The molecule has 0 radical (unpaired) electrons. The molecule has 2 aromatic rings. The van der Waals surface area contributed by atoms with Gasteiger partial charge in [-0.3, -0.25) is 9.79 Å². The number of primary amides is 1. The second-order valence-electron chi connectivity index (χ2n) is 5.12. The highest BCUT2D eigenvalue weighted by molar-refractivity contribution is 5.97. The molecular weight excluding hydrogens is 312 g/mol. The number of amides is 1. The van der Waals surface area contributed by atoms with Crippen LogP contribution in [0.5, 0.6) is 0 Å². The van der Waals surface area contributed by atoms with Gasteiger partial charge >= 0.3 is 6.18 Å². The van der Waals surface area contributed by atoms with Gasteiger partial charge in [-0.1, -0.05) is 0 Å². The molecule has 118 valence electrons. The molecule has 0 atom stereocenters. The summed E-state index contributed by atoms with van der Waals surface area (Å²) in [5, 5.41) is 0. The van der Waals surface area contributed by atoms with E-state index in [9.17, 15) is 22.4 Å². The molecule has 2 aromatic carbocycles. The van der Waals surface area contributed by atoms with Crippen molar-refractivity contribution in [2.24, 2.45) is 10.7 Å². The highest BCUT2D eigenvalue weighted by atomic mass is 19.4. The summed E-state index contributed by atoms with van der Waals surface area (Å²) in [5.74, 6) is -1.53. The van der Waals surface area contributed by atoms with Crippen molar-refractivity contribution in [3.63, 3.8) is 0 Å². The molecular formula is C16H10F4N2O. The van der Waals surface area contributed by atoms with Gasteiger partial charge in [0.25, 0.3) is 0 Å². The van der Waals surface area contributed by atoms with Crippen LogP contribution in [0.2, 0.25) is 0 Å². The van der Waals surface area contributed by atoms with E-state index in [0.29, 0.717) is 11.1 Å². The van der Waals surface area contributed by atoms with Crippen LogP contribution in [0.25, 0.3) is 11.1 Å². The molecule has 0 aliphatic carbocycles. The number of halogens is 4. The number of hydrogen-bond donors (Lipinski definition) is 1. The molecule has 1 amide bonds. The van der Waals surface area contributed by atoms with Crippen molar-refractivity contribution in [2.45, 2.75) is 12.7 Å². The molecule has 23 heavy (non-hydrogen) atoms. The lowest BCUT2D eigenvalue weighted by atomic mass is 9.93. The second-order valence-corrected chi connectivity index (χ2v) is 5.12. The van der Waals surface area contributed by atoms with Gasteiger partial charge in [0, 0.05) is 22.9 Å². The van der Waals surface area contributed by atoms with E-state index in [2.05, 4.69) is 4.99 Å². The van der Waals surface area contributed by atoms with Crippen molar-refractivity contribution in [1.29, 1.82) is 0 Å². The number of nitrogens with two attached hydrogens (primary N) is 1. The van der Waals surface area contributed by atoms with Crippen molar-refractivity contribution in [2.75, 3.05) is 0 Å². The Kier molecular flexibility index (Phi) is 3.43. The maximum Gasteiger partial charge on any atom is 0.416 e. The predicted molar refractivity (Wildman–Crippen MR) is 76.7 cm³/mol. The summed E-state index contributed by atoms with van der Waals surface area (Å²) in [7, 11) is 0. The summed E-state index contributed by atoms with van der Waals surface area (Å²) < 4.78 is 53.3. The Morgan fingerprint density at radius 2 is 1.87 bits per heavy atom. The summed E-state index contributed by atoms with van der Waals surface area (Å²) in [6.07, 6.45) is -3.16. The van der Waals surface area contributed by atoms with Gasteiger partial charge in [0.05, 0.1) is 12.1 Å². The van der Waals surface area contributed by atoms with Gasteiger partial charge in [0.1, 0.15) is 5.82 Å². The Labute approximate surface area is 128 Å². The zero-order chi connectivity index (χ0) is 16.8. The molecule has 3 nitrogen and oxygen atoms in total. The zero-order valence-corrected chi connectivity index (χ0v) is 11.6. The number of fused-ring (bicyclic) bond motifs is 1. The number of rotatable bonds is 2. The standard InChI is InChI=1S/C16H10F4N2O/c17-14-2-1-8(15(21)23)4-12(14)11-5-10(16(18,19)20)3-9-6-22-7-13(9)11/h1-5,7H,6H2,(H2,21,23). The average Bonchev–Trinajstić information content (AvgIpc) is 2.94. The molecule has 0 fully saturated rings. The minimum absolute atomic E-state index is 0.0162. The topological polar surface area (TPSA) is 55.5 Å². The van der Waals surface area contributed by atoms with Crippen LogP contribution in [0.3, 0.4) is 0 Å². The minimum atomic E-state index is -4.57. The molecule has 1 aliphatic heterocycles. The van der Waals surface area contributed by atoms with Gasteiger partial charge in [0.15, 0.2) is 0 Å². The smallest absolute Gasteiger partial charge is 0.366 e. The fraction of sp³-hybridized carbons (Fsp3) is 0.125. The second kappa shape index (κ2) is 5.19. The van der Waals surface area contributed by atoms with Crippen molar-refractivity contribution in [3.8, 4) is 11.1 Å². The summed E-state index contributed by atoms with van der Waals surface area (Å²) in [6.45, 7) is 0.101. The van der Waals surface area contributed by atoms with Crippen molar-refractivity contribution >= 4 is 12.1 Å². The Balaban J connectivity index is 2.28. The lowest BCUT2D eigenvalue weighted by molar-refractivity contribution is -0.137. The van der Waals surface area contributed by atoms with E-state index in [4.69, 9.17) is 5.73 Å². The maximum atomic E-state index is 14.1.